The maximum atomic E-state index is 6.94. The van der Waals surface area contributed by atoms with Crippen LogP contribution in [0.2, 0.25) is 0 Å². The first-order valence-electron chi connectivity index (χ1n) is 19.6. The zero-order valence-corrected chi connectivity index (χ0v) is 30.9. The SMILES string of the molecule is CC12C=CC=CC1OC1=C2C(c2cccc3c2-c2ccccc2C3(c2ccccc2)c2ccccc2)[NH2+]C(n2c3ccccc3c3cc4ccccc4cc32)=N1. The summed E-state index contributed by atoms with van der Waals surface area (Å²) in [6.45, 7) is 2.32. The Labute approximate surface area is 325 Å². The highest BCUT2D eigenvalue weighted by atomic mass is 16.5. The van der Waals surface area contributed by atoms with Gasteiger partial charge in [0.15, 0.2) is 0 Å². The number of aliphatic imine (C=N–C) groups is 1. The van der Waals surface area contributed by atoms with E-state index in [0.29, 0.717) is 0 Å². The molecule has 0 amide bonds. The predicted molar refractivity (Wildman–Crippen MR) is 226 cm³/mol. The topological polar surface area (TPSA) is 43.1 Å². The molecule has 0 bridgehead atoms. The Morgan fingerprint density at radius 1 is 0.625 bits per heavy atom. The Morgan fingerprint density at radius 2 is 1.30 bits per heavy atom. The van der Waals surface area contributed by atoms with Gasteiger partial charge in [-0.15, -0.1) is 4.99 Å². The van der Waals surface area contributed by atoms with E-state index in [1.807, 2.05) is 0 Å². The second-order valence-corrected chi connectivity index (χ2v) is 15.8. The summed E-state index contributed by atoms with van der Waals surface area (Å²) in [4.78, 5) is 5.49. The first-order valence-corrected chi connectivity index (χ1v) is 19.6. The van der Waals surface area contributed by atoms with Gasteiger partial charge in [0.25, 0.3) is 0 Å². The Kier molecular flexibility index (Phi) is 6.56. The van der Waals surface area contributed by atoms with Crippen LogP contribution < -0.4 is 5.32 Å². The van der Waals surface area contributed by atoms with Gasteiger partial charge < -0.3 is 4.74 Å². The monoisotopic (exact) mass is 720 g/mol. The zero-order valence-electron chi connectivity index (χ0n) is 30.9. The fraction of sp³-hybridized carbons (Fsp3) is 0.0962. The maximum absolute atomic E-state index is 6.94. The van der Waals surface area contributed by atoms with Crippen LogP contribution >= 0.6 is 0 Å². The van der Waals surface area contributed by atoms with Gasteiger partial charge in [-0.3, -0.25) is 5.32 Å². The fourth-order valence-corrected chi connectivity index (χ4v) is 10.5. The molecule has 4 heteroatoms. The van der Waals surface area contributed by atoms with Gasteiger partial charge in [0.05, 0.1) is 27.4 Å². The van der Waals surface area contributed by atoms with Crippen LogP contribution in [-0.2, 0) is 10.2 Å². The first kappa shape index (κ1) is 31.6. The van der Waals surface area contributed by atoms with Crippen molar-refractivity contribution in [2.24, 2.45) is 10.4 Å². The lowest BCUT2D eigenvalue weighted by Crippen LogP contribution is -2.92. The number of hydrogen-bond acceptors (Lipinski definition) is 2. The number of fused-ring (bicyclic) bond motifs is 9. The van der Waals surface area contributed by atoms with Gasteiger partial charge in [0, 0.05) is 16.3 Å². The molecule has 12 rings (SSSR count). The van der Waals surface area contributed by atoms with Crippen molar-refractivity contribution in [2.75, 3.05) is 0 Å². The minimum absolute atomic E-state index is 0.120. The molecule has 2 aliphatic heterocycles. The van der Waals surface area contributed by atoms with E-state index in [4.69, 9.17) is 9.73 Å². The van der Waals surface area contributed by atoms with Crippen LogP contribution in [0, 0.1) is 5.41 Å². The van der Waals surface area contributed by atoms with Crippen molar-refractivity contribution in [3.05, 3.63) is 227 Å². The molecule has 0 radical (unpaired) electrons. The van der Waals surface area contributed by atoms with Crippen molar-refractivity contribution in [1.82, 2.24) is 4.57 Å². The number of hydrogen-bond donors (Lipinski definition) is 1. The standard InChI is InChI=1S/C52H37N3O/c1-51-30-15-14-29-45(51)56-49-47(51)48(53-50(54-49)55-43-28-13-11-23-37(43)40-31-33-17-8-9-18-34(33)32-44(40)55)39-25-16-27-42-46(39)38-24-10-12-26-41(38)52(42,35-19-4-2-5-20-35)36-21-6-3-7-22-36/h2-32,45,48H,1H3,(H,53,54)/p+1. The Hall–Kier alpha value is -6.75. The zero-order chi connectivity index (χ0) is 37.0. The molecule has 2 aliphatic carbocycles. The number of nitrogens with zero attached hydrogens (tertiary/aromatic N) is 2. The summed E-state index contributed by atoms with van der Waals surface area (Å²) in [5.41, 5.74) is 11.6. The summed E-state index contributed by atoms with van der Waals surface area (Å²) in [5, 5.41) is 7.29. The fourth-order valence-electron chi connectivity index (χ4n) is 10.5. The van der Waals surface area contributed by atoms with E-state index >= 15 is 0 Å². The van der Waals surface area contributed by atoms with E-state index in [1.54, 1.807) is 0 Å². The summed E-state index contributed by atoms with van der Waals surface area (Å²) in [5.74, 6) is 1.61. The molecular weight excluding hydrogens is 683 g/mol. The number of nitrogens with two attached hydrogens (primary N) is 1. The molecule has 4 aliphatic rings. The average Bonchev–Trinajstić information content (AvgIpc) is 3.86. The molecule has 0 saturated heterocycles. The van der Waals surface area contributed by atoms with Gasteiger partial charge in [-0.2, -0.15) is 0 Å². The molecule has 1 aromatic heterocycles. The van der Waals surface area contributed by atoms with E-state index in [9.17, 15) is 0 Å². The number of ether oxygens (including phenoxy) is 1. The lowest BCUT2D eigenvalue weighted by molar-refractivity contribution is -0.584. The van der Waals surface area contributed by atoms with Crippen molar-refractivity contribution < 1.29 is 10.1 Å². The molecule has 8 aromatic rings. The largest absolute Gasteiger partial charge is 0.468 e. The summed E-state index contributed by atoms with van der Waals surface area (Å²) >= 11 is 0. The van der Waals surface area contributed by atoms with Crippen molar-refractivity contribution in [3.8, 4) is 11.1 Å². The van der Waals surface area contributed by atoms with Crippen LogP contribution in [0.4, 0.5) is 0 Å². The van der Waals surface area contributed by atoms with Crippen LogP contribution in [0.25, 0.3) is 43.7 Å². The molecule has 4 nitrogen and oxygen atoms in total. The minimum atomic E-state index is -0.493. The molecule has 56 heavy (non-hydrogen) atoms. The highest BCUT2D eigenvalue weighted by Gasteiger charge is 2.55. The predicted octanol–water partition coefficient (Wildman–Crippen LogP) is 10.6. The molecule has 0 saturated carbocycles. The Morgan fingerprint density at radius 3 is 2.11 bits per heavy atom. The maximum Gasteiger partial charge on any atom is 0.314 e. The quantitative estimate of drug-likeness (QED) is 0.194. The Balaban J connectivity index is 1.14. The van der Waals surface area contributed by atoms with Crippen molar-refractivity contribution in [3.63, 3.8) is 0 Å². The van der Waals surface area contributed by atoms with Gasteiger partial charge in [0.2, 0.25) is 5.88 Å². The lowest BCUT2D eigenvalue weighted by Gasteiger charge is -2.35. The van der Waals surface area contributed by atoms with Crippen LogP contribution in [-0.4, -0.2) is 16.6 Å². The second kappa shape index (κ2) is 11.6. The molecule has 7 aromatic carbocycles. The number of rotatable bonds is 3. The summed E-state index contributed by atoms with van der Waals surface area (Å²) in [6.07, 6.45) is 8.65. The third-order valence-electron chi connectivity index (χ3n) is 12.9. The van der Waals surface area contributed by atoms with Crippen molar-refractivity contribution in [1.29, 1.82) is 0 Å². The van der Waals surface area contributed by atoms with E-state index < -0.39 is 5.41 Å². The number of allylic oxidation sites excluding steroid dienone is 2. The number of aromatic nitrogens is 1. The molecular formula is C52H38N3O+. The first-order chi connectivity index (χ1) is 27.6. The molecule has 0 spiro atoms. The molecule has 266 valence electrons. The highest BCUT2D eigenvalue weighted by molar-refractivity contribution is 6.16. The van der Waals surface area contributed by atoms with Gasteiger partial charge >= 0.3 is 5.96 Å². The van der Waals surface area contributed by atoms with Gasteiger partial charge in [-0.25, -0.2) is 4.57 Å². The third-order valence-corrected chi connectivity index (χ3v) is 12.9. The minimum Gasteiger partial charge on any atom is -0.468 e. The smallest absolute Gasteiger partial charge is 0.314 e. The van der Waals surface area contributed by atoms with Gasteiger partial charge in [0.1, 0.15) is 12.1 Å². The summed E-state index contributed by atoms with van der Waals surface area (Å²) < 4.78 is 9.30. The average molecular weight is 721 g/mol. The lowest BCUT2D eigenvalue weighted by atomic mass is 9.67. The molecule has 2 N–H and O–H groups in total. The van der Waals surface area contributed by atoms with Crippen LogP contribution in [0.5, 0.6) is 0 Å². The normalized spacial score (nSPS) is 21.5. The van der Waals surface area contributed by atoms with E-state index in [-0.39, 0.29) is 17.6 Å². The van der Waals surface area contributed by atoms with E-state index in [1.165, 1.54) is 66.1 Å². The van der Waals surface area contributed by atoms with E-state index in [0.717, 1.165) is 22.9 Å². The number of para-hydroxylation sites is 1. The Bertz CT molecular complexity index is 3020. The summed E-state index contributed by atoms with van der Waals surface area (Å²) in [7, 11) is 0. The molecule has 3 atom stereocenters. The highest BCUT2D eigenvalue weighted by Crippen LogP contribution is 2.59. The van der Waals surface area contributed by atoms with Crippen molar-refractivity contribution >= 4 is 38.5 Å². The van der Waals surface area contributed by atoms with Gasteiger partial charge in [-0.1, -0.05) is 164 Å². The molecule has 3 unspecified atom stereocenters. The number of benzene rings is 7. The van der Waals surface area contributed by atoms with Crippen LogP contribution in [0.3, 0.4) is 0 Å². The van der Waals surface area contributed by atoms with Gasteiger partial charge in [-0.05, 0) is 75.4 Å². The van der Waals surface area contributed by atoms with Crippen molar-refractivity contribution in [2.45, 2.75) is 24.5 Å². The molecule has 3 heterocycles. The van der Waals surface area contributed by atoms with Crippen LogP contribution in [0.15, 0.2) is 205 Å². The third kappa shape index (κ3) is 4.14. The second-order valence-electron chi connectivity index (χ2n) is 15.8. The summed E-state index contributed by atoms with van der Waals surface area (Å²) in [6, 6.07) is 60.1. The van der Waals surface area contributed by atoms with Crippen LogP contribution in [0.1, 0.15) is 40.8 Å². The van der Waals surface area contributed by atoms with E-state index in [2.05, 4.69) is 205 Å². The number of quaternary nitrogens is 1. The molecule has 0 fully saturated rings.